The molecule has 2 aliphatic carbocycles. The van der Waals surface area contributed by atoms with Crippen molar-refractivity contribution in [1.29, 1.82) is 0 Å². The summed E-state index contributed by atoms with van der Waals surface area (Å²) in [5.74, 6) is 1.59. The maximum absolute atomic E-state index is 4.45. The van der Waals surface area contributed by atoms with Gasteiger partial charge in [-0.15, -0.1) is 0 Å². The summed E-state index contributed by atoms with van der Waals surface area (Å²) in [5, 5.41) is 0. The topological polar surface area (TPSA) is 0 Å². The zero-order chi connectivity index (χ0) is 18.7. The summed E-state index contributed by atoms with van der Waals surface area (Å²) in [5.41, 5.74) is 6.41. The molecule has 0 amide bonds. The molecule has 0 nitrogen and oxygen atoms in total. The first-order chi connectivity index (χ1) is 13.2. The summed E-state index contributed by atoms with van der Waals surface area (Å²) < 4.78 is 0. The third-order valence-corrected chi connectivity index (χ3v) is 7.62. The van der Waals surface area contributed by atoms with Crippen molar-refractivity contribution in [2.75, 3.05) is 0 Å². The second-order valence-corrected chi connectivity index (χ2v) is 9.24. The molecule has 0 saturated heterocycles. The Balaban J connectivity index is 1.30. The van der Waals surface area contributed by atoms with Crippen LogP contribution >= 0.6 is 0 Å². The highest BCUT2D eigenvalue weighted by Gasteiger charge is 2.39. The Labute approximate surface area is 165 Å². The SMILES string of the molecule is C=C(c1ccccc1)C1CCC2(CCC(Cc3ccccc3C)CC2)CC1. The van der Waals surface area contributed by atoms with E-state index in [4.69, 9.17) is 0 Å². The number of benzene rings is 2. The lowest BCUT2D eigenvalue weighted by molar-refractivity contribution is 0.0860. The van der Waals surface area contributed by atoms with Gasteiger partial charge >= 0.3 is 0 Å². The van der Waals surface area contributed by atoms with E-state index >= 15 is 0 Å². The summed E-state index contributed by atoms with van der Waals surface area (Å²) in [6, 6.07) is 19.8. The molecule has 0 aliphatic heterocycles. The van der Waals surface area contributed by atoms with Gasteiger partial charge in [-0.25, -0.2) is 0 Å². The zero-order valence-electron chi connectivity index (χ0n) is 16.9. The minimum atomic E-state index is 0.649. The van der Waals surface area contributed by atoms with Crippen LogP contribution in [0.2, 0.25) is 0 Å². The van der Waals surface area contributed by atoms with Gasteiger partial charge in [0, 0.05) is 0 Å². The smallest absolute Gasteiger partial charge is 0.0161 e. The molecule has 0 N–H and O–H groups in total. The van der Waals surface area contributed by atoms with Gasteiger partial charge in [0.2, 0.25) is 0 Å². The lowest BCUT2D eigenvalue weighted by atomic mass is 9.60. The van der Waals surface area contributed by atoms with Crippen molar-refractivity contribution in [1.82, 2.24) is 0 Å². The maximum atomic E-state index is 4.45. The molecule has 0 atom stereocenters. The molecule has 0 heterocycles. The summed E-state index contributed by atoms with van der Waals surface area (Å²) in [6.45, 7) is 6.71. The zero-order valence-corrected chi connectivity index (χ0v) is 16.9. The predicted molar refractivity (Wildman–Crippen MR) is 117 cm³/mol. The van der Waals surface area contributed by atoms with Crippen LogP contribution in [-0.4, -0.2) is 0 Å². The molecule has 4 rings (SSSR count). The van der Waals surface area contributed by atoms with Gasteiger partial charge in [-0.1, -0.05) is 61.2 Å². The fourth-order valence-corrected chi connectivity index (χ4v) is 5.61. The van der Waals surface area contributed by atoms with Crippen LogP contribution in [0.1, 0.15) is 68.1 Å². The van der Waals surface area contributed by atoms with Crippen molar-refractivity contribution < 1.29 is 0 Å². The number of aryl methyl sites for hydroxylation is 1. The van der Waals surface area contributed by atoms with Crippen molar-refractivity contribution in [3.05, 3.63) is 77.9 Å². The normalized spacial score (nSPS) is 28.2. The molecule has 0 unspecified atom stereocenters. The van der Waals surface area contributed by atoms with Gasteiger partial charge in [-0.2, -0.15) is 0 Å². The van der Waals surface area contributed by atoms with Crippen LogP contribution in [0.25, 0.3) is 5.57 Å². The Hall–Kier alpha value is -1.82. The quantitative estimate of drug-likeness (QED) is 0.527. The summed E-state index contributed by atoms with van der Waals surface area (Å²) in [7, 11) is 0. The van der Waals surface area contributed by atoms with Gasteiger partial charge in [-0.3, -0.25) is 0 Å². The van der Waals surface area contributed by atoms with Gasteiger partial charge in [0.05, 0.1) is 0 Å². The molecule has 2 saturated carbocycles. The van der Waals surface area contributed by atoms with Crippen LogP contribution in [0.4, 0.5) is 0 Å². The summed E-state index contributed by atoms with van der Waals surface area (Å²) in [6.07, 6.45) is 12.6. The molecule has 0 aromatic heterocycles. The van der Waals surface area contributed by atoms with E-state index < -0.39 is 0 Å². The van der Waals surface area contributed by atoms with Gasteiger partial charge < -0.3 is 0 Å². The van der Waals surface area contributed by atoms with Crippen molar-refractivity contribution in [3.8, 4) is 0 Å². The van der Waals surface area contributed by atoms with Crippen LogP contribution in [0, 0.1) is 24.2 Å². The summed E-state index contributed by atoms with van der Waals surface area (Å²) >= 11 is 0. The van der Waals surface area contributed by atoms with Crippen molar-refractivity contribution in [2.45, 2.75) is 64.7 Å². The van der Waals surface area contributed by atoms with Crippen LogP contribution in [-0.2, 0) is 6.42 Å². The number of hydrogen-bond acceptors (Lipinski definition) is 0. The highest BCUT2D eigenvalue weighted by atomic mass is 14.4. The second-order valence-electron chi connectivity index (χ2n) is 9.24. The minimum Gasteiger partial charge on any atom is -0.0950 e. The monoisotopic (exact) mass is 358 g/mol. The van der Waals surface area contributed by atoms with Crippen LogP contribution in [0.5, 0.6) is 0 Å². The number of rotatable bonds is 4. The van der Waals surface area contributed by atoms with Crippen LogP contribution < -0.4 is 0 Å². The Bertz CT molecular complexity index is 752. The van der Waals surface area contributed by atoms with Crippen molar-refractivity contribution >= 4 is 5.57 Å². The van der Waals surface area contributed by atoms with Crippen molar-refractivity contribution in [2.24, 2.45) is 17.3 Å². The largest absolute Gasteiger partial charge is 0.0950 e. The van der Waals surface area contributed by atoms with E-state index in [2.05, 4.69) is 68.1 Å². The first-order valence-corrected chi connectivity index (χ1v) is 10.9. The lowest BCUT2D eigenvalue weighted by Crippen LogP contribution is -2.32. The van der Waals surface area contributed by atoms with Gasteiger partial charge in [0.1, 0.15) is 0 Å². The van der Waals surface area contributed by atoms with Crippen LogP contribution in [0.3, 0.4) is 0 Å². The third kappa shape index (κ3) is 4.21. The molecular formula is C27H34. The Morgan fingerprint density at radius 2 is 1.44 bits per heavy atom. The van der Waals surface area contributed by atoms with Gasteiger partial charge in [-0.05, 0) is 104 Å². The minimum absolute atomic E-state index is 0.649. The Kier molecular flexibility index (Phi) is 5.53. The average molecular weight is 359 g/mol. The van der Waals surface area contributed by atoms with E-state index in [-0.39, 0.29) is 0 Å². The number of allylic oxidation sites excluding steroid dienone is 1. The lowest BCUT2D eigenvalue weighted by Gasteiger charge is -2.45. The summed E-state index contributed by atoms with van der Waals surface area (Å²) in [4.78, 5) is 0. The standard InChI is InChI=1S/C27H34/c1-21-8-6-7-11-26(21)20-23-12-16-27(17-13-23)18-14-25(15-19-27)22(2)24-9-4-3-5-10-24/h3-11,23,25H,2,12-20H2,1H3. The Morgan fingerprint density at radius 3 is 2.11 bits per heavy atom. The fraction of sp³-hybridized carbons (Fsp3) is 0.481. The number of hydrogen-bond donors (Lipinski definition) is 0. The van der Waals surface area contributed by atoms with E-state index in [0.717, 1.165) is 5.92 Å². The van der Waals surface area contributed by atoms with Gasteiger partial charge in [0.15, 0.2) is 0 Å². The first-order valence-electron chi connectivity index (χ1n) is 10.9. The highest BCUT2D eigenvalue weighted by Crippen LogP contribution is 2.52. The van der Waals surface area contributed by atoms with E-state index in [1.807, 2.05) is 0 Å². The van der Waals surface area contributed by atoms with E-state index in [0.29, 0.717) is 11.3 Å². The molecular weight excluding hydrogens is 324 g/mol. The molecule has 0 bridgehead atoms. The molecule has 0 heteroatoms. The van der Waals surface area contributed by atoms with Crippen molar-refractivity contribution in [3.63, 3.8) is 0 Å². The first kappa shape index (κ1) is 18.5. The van der Waals surface area contributed by atoms with E-state index in [1.165, 1.54) is 74.5 Å². The molecule has 2 aromatic rings. The second kappa shape index (κ2) is 8.05. The highest BCUT2D eigenvalue weighted by molar-refractivity contribution is 5.65. The van der Waals surface area contributed by atoms with E-state index in [9.17, 15) is 0 Å². The van der Waals surface area contributed by atoms with Gasteiger partial charge in [0.25, 0.3) is 0 Å². The molecule has 2 fully saturated rings. The molecule has 2 aliphatic rings. The molecule has 1 spiro atoms. The van der Waals surface area contributed by atoms with E-state index in [1.54, 1.807) is 5.56 Å². The average Bonchev–Trinajstić information content (AvgIpc) is 2.72. The third-order valence-electron chi connectivity index (χ3n) is 7.62. The van der Waals surface area contributed by atoms with Crippen LogP contribution in [0.15, 0.2) is 61.2 Å². The molecule has 27 heavy (non-hydrogen) atoms. The molecule has 142 valence electrons. The predicted octanol–water partition coefficient (Wildman–Crippen LogP) is 7.62. The fourth-order valence-electron chi connectivity index (χ4n) is 5.61. The maximum Gasteiger partial charge on any atom is -0.0161 e. The molecule has 2 aromatic carbocycles. The molecule has 0 radical (unpaired) electrons. The Morgan fingerprint density at radius 1 is 0.852 bits per heavy atom.